The largest absolute Gasteiger partial charge is 0.478 e. The topological polar surface area (TPSA) is 278 Å². The molecule has 0 aliphatic carbocycles. The number of hydrogen-bond acceptors (Lipinski definition) is 8. The molecule has 0 atom stereocenters. The Balaban J connectivity index is 2.90. The molecule has 0 aliphatic heterocycles. The molecule has 3 aromatic rings. The van der Waals surface area contributed by atoms with Crippen molar-refractivity contribution in [3.8, 4) is 22.3 Å². The molecular formula is C24H14O15S. The molecule has 0 aromatic heterocycles. The smallest absolute Gasteiger partial charge is 0.337 e. The summed E-state index contributed by atoms with van der Waals surface area (Å²) in [7, 11) is -5.61. The second kappa shape index (κ2) is 10.3. The van der Waals surface area contributed by atoms with E-state index in [1.54, 1.807) is 0 Å². The molecule has 0 saturated carbocycles. The van der Waals surface area contributed by atoms with Gasteiger partial charge in [0.2, 0.25) is 0 Å². The van der Waals surface area contributed by atoms with Crippen LogP contribution in [0.25, 0.3) is 22.3 Å². The maximum atomic E-state index is 12.5. The summed E-state index contributed by atoms with van der Waals surface area (Å²) in [6.07, 6.45) is 0. The van der Waals surface area contributed by atoms with Crippen LogP contribution in [0.5, 0.6) is 0 Å². The van der Waals surface area contributed by atoms with Crippen molar-refractivity contribution < 1.29 is 72.4 Å². The zero-order chi connectivity index (χ0) is 30.3. The molecule has 206 valence electrons. The van der Waals surface area contributed by atoms with Gasteiger partial charge in [-0.25, -0.2) is 28.8 Å². The van der Waals surface area contributed by atoms with Gasteiger partial charge < -0.3 is 30.6 Å². The van der Waals surface area contributed by atoms with Crippen LogP contribution in [-0.4, -0.2) is 79.4 Å². The molecule has 0 bridgehead atoms. The molecule has 40 heavy (non-hydrogen) atoms. The van der Waals surface area contributed by atoms with Gasteiger partial charge in [0.25, 0.3) is 10.1 Å². The highest BCUT2D eigenvalue weighted by atomic mass is 32.2. The van der Waals surface area contributed by atoms with E-state index in [4.69, 9.17) is 0 Å². The summed E-state index contributed by atoms with van der Waals surface area (Å²) < 4.78 is 35.0. The van der Waals surface area contributed by atoms with Gasteiger partial charge in [-0.3, -0.25) is 4.55 Å². The molecule has 0 unspecified atom stereocenters. The van der Waals surface area contributed by atoms with Crippen molar-refractivity contribution in [3.05, 3.63) is 75.8 Å². The molecule has 15 nitrogen and oxygen atoms in total. The summed E-state index contributed by atoms with van der Waals surface area (Å²) in [5.41, 5.74) is -10.9. The van der Waals surface area contributed by atoms with Gasteiger partial charge in [-0.2, -0.15) is 8.42 Å². The van der Waals surface area contributed by atoms with Gasteiger partial charge in [-0.05, 0) is 29.3 Å². The van der Waals surface area contributed by atoms with E-state index in [0.717, 1.165) is 36.4 Å². The van der Waals surface area contributed by atoms with Gasteiger partial charge in [-0.15, -0.1) is 0 Å². The lowest BCUT2D eigenvalue weighted by Gasteiger charge is -2.22. The van der Waals surface area contributed by atoms with Crippen LogP contribution in [0.4, 0.5) is 0 Å². The van der Waals surface area contributed by atoms with Crippen molar-refractivity contribution in [3.63, 3.8) is 0 Å². The SMILES string of the molecule is O=C(O)c1cccc(-c2c(S(=O)(=O)O)cc(C(=O)O)c(C(=O)O)c2-c2cccc(C(=O)O)c2C(=O)O)c1C(=O)O. The summed E-state index contributed by atoms with van der Waals surface area (Å²) in [5.74, 6) is -11.9. The van der Waals surface area contributed by atoms with Crippen LogP contribution in [0.2, 0.25) is 0 Å². The first-order valence-corrected chi connectivity index (χ1v) is 11.8. The molecule has 0 amide bonds. The molecule has 0 spiro atoms. The molecule has 7 N–H and O–H groups in total. The van der Waals surface area contributed by atoms with Crippen LogP contribution in [-0.2, 0) is 10.1 Å². The fourth-order valence-corrected chi connectivity index (χ4v) is 4.86. The molecule has 3 rings (SSSR count). The van der Waals surface area contributed by atoms with Crippen molar-refractivity contribution in [1.82, 2.24) is 0 Å². The molecular weight excluding hydrogens is 560 g/mol. The highest BCUT2D eigenvalue weighted by Crippen LogP contribution is 2.45. The van der Waals surface area contributed by atoms with Gasteiger partial charge in [0, 0.05) is 11.1 Å². The fourth-order valence-electron chi connectivity index (χ4n) is 4.13. The number of benzene rings is 3. The maximum Gasteiger partial charge on any atom is 0.337 e. The molecule has 0 radical (unpaired) electrons. The number of hydrogen-bond donors (Lipinski definition) is 7. The van der Waals surface area contributed by atoms with Crippen LogP contribution < -0.4 is 0 Å². The minimum absolute atomic E-state index is 0.167. The number of carboxylic acids is 6. The first kappa shape index (κ1) is 29.0. The lowest BCUT2D eigenvalue weighted by atomic mass is 9.82. The standard InChI is InChI=1S/C24H14O15S/c25-19(26)10-5-1-3-8(14(10)22(31)32)16-13(40(37,38)39)7-12(21(29)30)18(24(35)36)17(16)9-4-2-6-11(20(27)28)15(9)23(33)34/h1-7H,(H,25,26)(H,27,28)(H,29,30)(H,31,32)(H,33,34)(H,35,36)(H,37,38,39). The van der Waals surface area contributed by atoms with Crippen molar-refractivity contribution in [2.75, 3.05) is 0 Å². The van der Waals surface area contributed by atoms with Crippen LogP contribution >= 0.6 is 0 Å². The lowest BCUT2D eigenvalue weighted by molar-refractivity contribution is 0.0650. The van der Waals surface area contributed by atoms with Crippen LogP contribution in [0, 0.1) is 0 Å². The average molecular weight is 574 g/mol. The van der Waals surface area contributed by atoms with Gasteiger partial charge in [-0.1, -0.05) is 24.3 Å². The first-order valence-electron chi connectivity index (χ1n) is 10.4. The predicted octanol–water partition coefficient (Wildman–Crippen LogP) is 2.46. The van der Waals surface area contributed by atoms with E-state index >= 15 is 0 Å². The second-order valence-corrected chi connectivity index (χ2v) is 9.20. The minimum Gasteiger partial charge on any atom is -0.478 e. The molecule has 16 heteroatoms. The summed E-state index contributed by atoms with van der Waals surface area (Å²) in [6.45, 7) is 0. The Hall–Kier alpha value is -5.61. The Morgan fingerprint density at radius 1 is 0.500 bits per heavy atom. The Bertz CT molecular complexity index is 1780. The summed E-state index contributed by atoms with van der Waals surface area (Å²) in [5, 5.41) is 58.5. The van der Waals surface area contributed by atoms with E-state index in [1.807, 2.05) is 0 Å². The molecule has 0 aliphatic rings. The van der Waals surface area contributed by atoms with E-state index in [0.29, 0.717) is 0 Å². The average Bonchev–Trinajstić information content (AvgIpc) is 2.85. The highest BCUT2D eigenvalue weighted by Gasteiger charge is 2.36. The number of carboxylic acid groups (broad SMARTS) is 6. The van der Waals surface area contributed by atoms with Crippen LogP contribution in [0.3, 0.4) is 0 Å². The zero-order valence-corrected chi connectivity index (χ0v) is 20.2. The minimum atomic E-state index is -5.61. The third-order valence-corrected chi connectivity index (χ3v) is 6.45. The Morgan fingerprint density at radius 3 is 1.20 bits per heavy atom. The number of rotatable bonds is 9. The van der Waals surface area contributed by atoms with Crippen LogP contribution in [0.15, 0.2) is 47.4 Å². The van der Waals surface area contributed by atoms with Crippen molar-refractivity contribution >= 4 is 45.9 Å². The Labute approximate surface area is 221 Å². The highest BCUT2D eigenvalue weighted by molar-refractivity contribution is 7.86. The molecule has 0 fully saturated rings. The van der Waals surface area contributed by atoms with Gasteiger partial charge in [0.1, 0.15) is 4.90 Å². The molecule has 0 heterocycles. The normalized spacial score (nSPS) is 11.0. The lowest BCUT2D eigenvalue weighted by Crippen LogP contribution is -2.18. The fraction of sp³-hybridized carbons (Fsp3) is 0. The summed E-state index contributed by atoms with van der Waals surface area (Å²) in [4.78, 5) is 71.0. The Morgan fingerprint density at radius 2 is 0.875 bits per heavy atom. The number of carbonyl (C=O) groups is 6. The second-order valence-electron chi connectivity index (χ2n) is 7.81. The van der Waals surface area contributed by atoms with Crippen molar-refractivity contribution in [1.29, 1.82) is 0 Å². The van der Waals surface area contributed by atoms with Crippen molar-refractivity contribution in [2.24, 2.45) is 0 Å². The third kappa shape index (κ3) is 4.94. The van der Waals surface area contributed by atoms with E-state index < -0.39 is 106 Å². The third-order valence-electron chi connectivity index (χ3n) is 5.57. The zero-order valence-electron chi connectivity index (χ0n) is 19.3. The monoisotopic (exact) mass is 574 g/mol. The predicted molar refractivity (Wildman–Crippen MR) is 129 cm³/mol. The van der Waals surface area contributed by atoms with E-state index in [9.17, 15) is 72.4 Å². The molecule has 0 saturated heterocycles. The van der Waals surface area contributed by atoms with E-state index in [2.05, 4.69) is 0 Å². The quantitative estimate of drug-likeness (QED) is 0.181. The summed E-state index contributed by atoms with van der Waals surface area (Å²) in [6, 6.07) is 5.17. The molecule has 3 aromatic carbocycles. The van der Waals surface area contributed by atoms with Gasteiger partial charge >= 0.3 is 35.8 Å². The number of aromatic carboxylic acids is 6. The van der Waals surface area contributed by atoms with Crippen LogP contribution in [0.1, 0.15) is 62.1 Å². The van der Waals surface area contributed by atoms with E-state index in [-0.39, 0.29) is 6.07 Å². The van der Waals surface area contributed by atoms with Crippen molar-refractivity contribution in [2.45, 2.75) is 4.90 Å². The first-order chi connectivity index (χ1) is 18.5. The Kier molecular flexibility index (Phi) is 7.44. The van der Waals surface area contributed by atoms with E-state index in [1.165, 1.54) is 0 Å². The van der Waals surface area contributed by atoms with Gasteiger partial charge in [0.05, 0.1) is 33.4 Å². The maximum absolute atomic E-state index is 12.5. The van der Waals surface area contributed by atoms with Gasteiger partial charge in [0.15, 0.2) is 0 Å². The summed E-state index contributed by atoms with van der Waals surface area (Å²) >= 11 is 0.